The van der Waals surface area contributed by atoms with Gasteiger partial charge in [0.15, 0.2) is 11.5 Å². The van der Waals surface area contributed by atoms with E-state index < -0.39 is 24.2 Å². The monoisotopic (exact) mass is 418 g/mol. The van der Waals surface area contributed by atoms with Crippen molar-refractivity contribution in [1.29, 1.82) is 0 Å². The number of methoxy groups -OCH3 is 3. The Kier molecular flexibility index (Phi) is 7.62. The summed E-state index contributed by atoms with van der Waals surface area (Å²) in [6, 6.07) is 9.21. The summed E-state index contributed by atoms with van der Waals surface area (Å²) in [5.74, 6) is -0.635. The van der Waals surface area contributed by atoms with Crippen molar-refractivity contribution in [2.45, 2.75) is 20.1 Å². The smallest absolute Gasteiger partial charge is 0.337 e. The Labute approximate surface area is 173 Å². The molecule has 2 rings (SSSR count). The van der Waals surface area contributed by atoms with Crippen LogP contribution in [0.1, 0.15) is 36.1 Å². The molecule has 0 N–H and O–H groups in total. The van der Waals surface area contributed by atoms with Crippen LogP contribution < -0.4 is 14.2 Å². The first-order valence-corrected chi connectivity index (χ1v) is 8.75. The van der Waals surface area contributed by atoms with E-state index >= 15 is 0 Å². The molecule has 0 aliphatic carbocycles. The normalized spacial score (nSPS) is 10.2. The third-order valence-electron chi connectivity index (χ3n) is 3.79. The second kappa shape index (κ2) is 10.1. The maximum absolute atomic E-state index is 11.6. The van der Waals surface area contributed by atoms with Gasteiger partial charge in [0, 0.05) is 19.4 Å². The molecule has 160 valence electrons. The second-order valence-electron chi connectivity index (χ2n) is 5.92. The van der Waals surface area contributed by atoms with Crippen molar-refractivity contribution in [2.24, 2.45) is 0 Å². The molecule has 0 atom stereocenters. The Morgan fingerprint density at radius 2 is 1.37 bits per heavy atom. The van der Waals surface area contributed by atoms with Crippen LogP contribution in [0.5, 0.6) is 23.0 Å². The number of hydrogen-bond donors (Lipinski definition) is 0. The molecular formula is C21H22O9. The van der Waals surface area contributed by atoms with Crippen LogP contribution in [0.4, 0.5) is 0 Å². The van der Waals surface area contributed by atoms with Gasteiger partial charge in [-0.05, 0) is 36.4 Å². The van der Waals surface area contributed by atoms with Crippen molar-refractivity contribution in [3.8, 4) is 23.0 Å². The zero-order valence-corrected chi connectivity index (χ0v) is 17.2. The summed E-state index contributed by atoms with van der Waals surface area (Å²) in [6.45, 7) is 2.38. The van der Waals surface area contributed by atoms with Crippen LogP contribution >= 0.6 is 0 Å². The lowest BCUT2D eigenvalue weighted by Crippen LogP contribution is -2.15. The number of ether oxygens (including phenoxy) is 6. The largest absolute Gasteiger partial charge is 0.493 e. The molecule has 0 aromatic heterocycles. The fraction of sp³-hybridized carbons (Fsp3) is 0.286. The van der Waals surface area contributed by atoms with E-state index in [9.17, 15) is 14.4 Å². The Balaban J connectivity index is 2.46. The number of esters is 3. The molecule has 2 aromatic carbocycles. The summed E-state index contributed by atoms with van der Waals surface area (Å²) in [6.07, 6.45) is -1.30. The van der Waals surface area contributed by atoms with Gasteiger partial charge in [-0.2, -0.15) is 0 Å². The van der Waals surface area contributed by atoms with Gasteiger partial charge in [-0.15, -0.1) is 0 Å². The molecule has 0 radical (unpaired) electrons. The minimum atomic E-state index is -1.30. The molecule has 0 unspecified atom stereocenters. The Bertz CT molecular complexity index is 903. The fourth-order valence-electron chi connectivity index (χ4n) is 2.53. The lowest BCUT2D eigenvalue weighted by molar-refractivity contribution is -0.186. The van der Waals surface area contributed by atoms with Gasteiger partial charge in [-0.25, -0.2) is 4.79 Å². The third-order valence-corrected chi connectivity index (χ3v) is 3.79. The maximum Gasteiger partial charge on any atom is 0.337 e. The van der Waals surface area contributed by atoms with Gasteiger partial charge >= 0.3 is 17.9 Å². The Morgan fingerprint density at radius 1 is 0.800 bits per heavy atom. The molecule has 0 aliphatic heterocycles. The Hall–Kier alpha value is -3.75. The molecule has 0 aliphatic rings. The maximum atomic E-state index is 11.6. The lowest BCUT2D eigenvalue weighted by atomic mass is 10.1. The van der Waals surface area contributed by atoms with Gasteiger partial charge in [-0.3, -0.25) is 9.59 Å². The van der Waals surface area contributed by atoms with Crippen LogP contribution in [0, 0.1) is 0 Å². The number of benzene rings is 2. The van der Waals surface area contributed by atoms with E-state index in [1.807, 2.05) is 0 Å². The average Bonchev–Trinajstić information content (AvgIpc) is 2.71. The van der Waals surface area contributed by atoms with Crippen LogP contribution in [-0.2, 0) is 23.8 Å². The van der Waals surface area contributed by atoms with Crippen molar-refractivity contribution in [1.82, 2.24) is 0 Å². The van der Waals surface area contributed by atoms with Crippen LogP contribution in [0.3, 0.4) is 0 Å². The molecule has 30 heavy (non-hydrogen) atoms. The summed E-state index contributed by atoms with van der Waals surface area (Å²) in [5, 5.41) is 0. The van der Waals surface area contributed by atoms with Gasteiger partial charge in [0.25, 0.3) is 6.29 Å². The molecule has 0 spiro atoms. The van der Waals surface area contributed by atoms with Gasteiger partial charge < -0.3 is 28.4 Å². The first-order chi connectivity index (χ1) is 14.3. The van der Waals surface area contributed by atoms with E-state index in [1.165, 1.54) is 59.4 Å². The summed E-state index contributed by atoms with van der Waals surface area (Å²) in [4.78, 5) is 34.5. The van der Waals surface area contributed by atoms with Crippen molar-refractivity contribution < 1.29 is 42.8 Å². The highest BCUT2D eigenvalue weighted by molar-refractivity contribution is 5.89. The summed E-state index contributed by atoms with van der Waals surface area (Å²) < 4.78 is 31.4. The van der Waals surface area contributed by atoms with E-state index in [0.29, 0.717) is 16.9 Å². The van der Waals surface area contributed by atoms with Crippen molar-refractivity contribution in [2.75, 3.05) is 21.3 Å². The zero-order valence-electron chi connectivity index (χ0n) is 17.2. The minimum Gasteiger partial charge on any atom is -0.493 e. The first kappa shape index (κ1) is 22.5. The van der Waals surface area contributed by atoms with Crippen molar-refractivity contribution in [3.05, 3.63) is 47.5 Å². The van der Waals surface area contributed by atoms with E-state index in [4.69, 9.17) is 23.7 Å². The Morgan fingerprint density at radius 3 is 1.83 bits per heavy atom. The average molecular weight is 418 g/mol. The van der Waals surface area contributed by atoms with E-state index in [-0.39, 0.29) is 17.2 Å². The highest BCUT2D eigenvalue weighted by Gasteiger charge is 2.24. The standard InChI is InChI=1S/C21H22O9/c1-12(22)28-21(29-13(2)23)15-10-17(25-3)19(26-4)18(11-15)30-16-8-6-14(7-9-16)20(24)27-5/h6-11,21H,1-5H3. The minimum absolute atomic E-state index is 0.210. The molecule has 0 heterocycles. The fourth-order valence-corrected chi connectivity index (χ4v) is 2.53. The highest BCUT2D eigenvalue weighted by atomic mass is 16.7. The number of rotatable bonds is 8. The zero-order chi connectivity index (χ0) is 22.3. The number of carbonyl (C=O) groups is 3. The third kappa shape index (κ3) is 5.63. The molecule has 9 heteroatoms. The van der Waals surface area contributed by atoms with Crippen molar-refractivity contribution >= 4 is 17.9 Å². The molecule has 0 bridgehead atoms. The molecule has 0 saturated carbocycles. The lowest BCUT2D eigenvalue weighted by Gasteiger charge is -2.20. The number of hydrogen-bond acceptors (Lipinski definition) is 9. The first-order valence-electron chi connectivity index (χ1n) is 8.75. The van der Waals surface area contributed by atoms with Gasteiger partial charge in [0.2, 0.25) is 5.75 Å². The molecule has 9 nitrogen and oxygen atoms in total. The molecular weight excluding hydrogens is 396 g/mol. The molecule has 2 aromatic rings. The van der Waals surface area contributed by atoms with E-state index in [0.717, 1.165) is 0 Å². The van der Waals surface area contributed by atoms with Gasteiger partial charge in [0.1, 0.15) is 5.75 Å². The van der Waals surface area contributed by atoms with E-state index in [1.54, 1.807) is 12.1 Å². The van der Waals surface area contributed by atoms with Gasteiger partial charge in [0.05, 0.1) is 26.9 Å². The van der Waals surface area contributed by atoms with Crippen LogP contribution in [-0.4, -0.2) is 39.2 Å². The van der Waals surface area contributed by atoms with Crippen LogP contribution in [0.15, 0.2) is 36.4 Å². The SMILES string of the molecule is COC(=O)c1ccc(Oc2cc(C(OC(C)=O)OC(C)=O)cc(OC)c2OC)cc1. The highest BCUT2D eigenvalue weighted by Crippen LogP contribution is 2.42. The molecule has 0 amide bonds. The van der Waals surface area contributed by atoms with E-state index in [2.05, 4.69) is 4.74 Å². The summed E-state index contributed by atoms with van der Waals surface area (Å²) in [5.41, 5.74) is 0.646. The topological polar surface area (TPSA) is 107 Å². The van der Waals surface area contributed by atoms with Gasteiger partial charge in [-0.1, -0.05) is 0 Å². The number of carbonyl (C=O) groups excluding carboxylic acids is 3. The quantitative estimate of drug-likeness (QED) is 0.471. The van der Waals surface area contributed by atoms with Crippen LogP contribution in [0.2, 0.25) is 0 Å². The summed E-state index contributed by atoms with van der Waals surface area (Å²) in [7, 11) is 4.14. The second-order valence-corrected chi connectivity index (χ2v) is 5.92. The predicted molar refractivity (Wildman–Crippen MR) is 104 cm³/mol. The van der Waals surface area contributed by atoms with Crippen LogP contribution in [0.25, 0.3) is 0 Å². The predicted octanol–water partition coefficient (Wildman–Crippen LogP) is 3.41. The molecule has 0 fully saturated rings. The van der Waals surface area contributed by atoms with Crippen molar-refractivity contribution in [3.63, 3.8) is 0 Å². The molecule has 0 saturated heterocycles. The summed E-state index contributed by atoms with van der Waals surface area (Å²) >= 11 is 0.